The number of rotatable bonds is 6. The van der Waals surface area contributed by atoms with Crippen molar-refractivity contribution in [3.05, 3.63) is 0 Å². The molecule has 2 N–H and O–H groups in total. The molecule has 0 aromatic heterocycles. The molecular weight excluding hydrogens is 260 g/mol. The summed E-state index contributed by atoms with van der Waals surface area (Å²) in [5, 5.41) is 0. The summed E-state index contributed by atoms with van der Waals surface area (Å²) < 4.78 is 0. The van der Waals surface area contributed by atoms with E-state index in [0.717, 1.165) is 37.1 Å². The van der Waals surface area contributed by atoms with E-state index in [1.54, 1.807) is 0 Å². The van der Waals surface area contributed by atoms with Gasteiger partial charge in [0.05, 0.1) is 0 Å². The van der Waals surface area contributed by atoms with Gasteiger partial charge in [-0.3, -0.25) is 4.79 Å². The van der Waals surface area contributed by atoms with E-state index in [1.165, 1.54) is 38.5 Å². The number of hydrogen-bond donors (Lipinski definition) is 1. The van der Waals surface area contributed by atoms with Crippen molar-refractivity contribution in [2.24, 2.45) is 28.9 Å². The minimum atomic E-state index is 0.214. The van der Waals surface area contributed by atoms with E-state index in [-0.39, 0.29) is 6.04 Å². The van der Waals surface area contributed by atoms with Gasteiger partial charge in [0.2, 0.25) is 5.91 Å². The Morgan fingerprint density at radius 3 is 2.19 bits per heavy atom. The highest BCUT2D eigenvalue weighted by Crippen LogP contribution is 2.60. The Kier molecular flexibility index (Phi) is 4.31. The fourth-order valence-electron chi connectivity index (χ4n) is 5.84. The average molecular weight is 292 g/mol. The topological polar surface area (TPSA) is 46.3 Å². The Morgan fingerprint density at radius 2 is 1.71 bits per heavy atom. The molecule has 4 aliphatic carbocycles. The van der Waals surface area contributed by atoms with E-state index in [2.05, 4.69) is 0 Å². The van der Waals surface area contributed by atoms with Crippen molar-refractivity contribution in [1.29, 1.82) is 0 Å². The zero-order valence-corrected chi connectivity index (χ0v) is 13.8. The monoisotopic (exact) mass is 292 g/mol. The third-order valence-electron chi connectivity index (χ3n) is 6.21. The van der Waals surface area contributed by atoms with Gasteiger partial charge in [-0.25, -0.2) is 0 Å². The summed E-state index contributed by atoms with van der Waals surface area (Å²) in [6.07, 6.45) is 11.1. The van der Waals surface area contributed by atoms with Crippen molar-refractivity contribution in [2.45, 2.75) is 70.8 Å². The summed E-state index contributed by atoms with van der Waals surface area (Å²) >= 11 is 0. The summed E-state index contributed by atoms with van der Waals surface area (Å²) in [7, 11) is 2.02. The fraction of sp³-hybridized carbons (Fsp3) is 0.944. The second kappa shape index (κ2) is 5.91. The van der Waals surface area contributed by atoms with E-state index in [1.807, 2.05) is 18.9 Å². The third-order valence-corrected chi connectivity index (χ3v) is 6.21. The lowest BCUT2D eigenvalue weighted by molar-refractivity contribution is -0.135. The summed E-state index contributed by atoms with van der Waals surface area (Å²) in [5.41, 5.74) is 6.24. The van der Waals surface area contributed by atoms with Gasteiger partial charge in [-0.15, -0.1) is 0 Å². The Labute approximate surface area is 129 Å². The molecule has 4 bridgehead atoms. The van der Waals surface area contributed by atoms with Gasteiger partial charge >= 0.3 is 0 Å². The Balaban J connectivity index is 1.52. The fourth-order valence-corrected chi connectivity index (χ4v) is 5.84. The van der Waals surface area contributed by atoms with Crippen LogP contribution in [-0.4, -0.2) is 30.4 Å². The van der Waals surface area contributed by atoms with Crippen LogP contribution in [0.5, 0.6) is 0 Å². The third kappa shape index (κ3) is 3.44. The molecule has 0 aliphatic heterocycles. The second-order valence-corrected chi connectivity index (χ2v) is 8.54. The SMILES string of the molecule is CC(N)CCCC(=O)N(C)CC12CC3CC(CC(C3)C1)C2. The first kappa shape index (κ1) is 15.3. The summed E-state index contributed by atoms with van der Waals surface area (Å²) in [5.74, 6) is 3.24. The molecule has 0 aromatic carbocycles. The minimum Gasteiger partial charge on any atom is -0.345 e. The van der Waals surface area contributed by atoms with Gasteiger partial charge < -0.3 is 10.6 Å². The van der Waals surface area contributed by atoms with Gasteiger partial charge in [0, 0.05) is 26.1 Å². The molecule has 4 aliphatic rings. The number of nitrogens with two attached hydrogens (primary N) is 1. The largest absolute Gasteiger partial charge is 0.345 e. The molecule has 0 radical (unpaired) electrons. The second-order valence-electron chi connectivity index (χ2n) is 8.54. The van der Waals surface area contributed by atoms with Crippen LogP contribution in [0.25, 0.3) is 0 Å². The van der Waals surface area contributed by atoms with Crippen molar-refractivity contribution >= 4 is 5.91 Å². The van der Waals surface area contributed by atoms with Crippen LogP contribution in [0.1, 0.15) is 64.7 Å². The first-order valence-corrected chi connectivity index (χ1v) is 8.95. The average Bonchev–Trinajstić information content (AvgIpc) is 2.35. The maximum absolute atomic E-state index is 12.3. The molecule has 0 spiro atoms. The molecule has 0 heterocycles. The minimum absolute atomic E-state index is 0.214. The van der Waals surface area contributed by atoms with Gasteiger partial charge in [0.1, 0.15) is 0 Å². The van der Waals surface area contributed by atoms with E-state index in [0.29, 0.717) is 17.7 Å². The van der Waals surface area contributed by atoms with Crippen LogP contribution in [0.15, 0.2) is 0 Å². The quantitative estimate of drug-likeness (QED) is 0.817. The van der Waals surface area contributed by atoms with Gasteiger partial charge in [-0.2, -0.15) is 0 Å². The molecule has 3 nitrogen and oxygen atoms in total. The standard InChI is InChI=1S/C18H32N2O/c1-13(19)4-3-5-17(21)20(2)12-18-9-14-6-15(10-18)8-16(7-14)11-18/h13-16H,3-12,19H2,1-2H3. The Bertz CT molecular complexity index is 355. The van der Waals surface area contributed by atoms with Crippen LogP contribution in [0.2, 0.25) is 0 Å². The zero-order valence-electron chi connectivity index (χ0n) is 13.8. The smallest absolute Gasteiger partial charge is 0.222 e. The molecule has 21 heavy (non-hydrogen) atoms. The highest BCUT2D eigenvalue weighted by atomic mass is 16.2. The van der Waals surface area contributed by atoms with Crippen LogP contribution in [0.4, 0.5) is 0 Å². The lowest BCUT2D eigenvalue weighted by Crippen LogP contribution is -2.51. The molecule has 1 amide bonds. The lowest BCUT2D eigenvalue weighted by atomic mass is 9.49. The highest BCUT2D eigenvalue weighted by Gasteiger charge is 2.51. The molecule has 120 valence electrons. The van der Waals surface area contributed by atoms with Gasteiger partial charge in [-0.1, -0.05) is 0 Å². The molecule has 1 atom stereocenters. The highest BCUT2D eigenvalue weighted by molar-refractivity contribution is 5.75. The summed E-state index contributed by atoms with van der Waals surface area (Å²) in [6, 6.07) is 0.214. The van der Waals surface area contributed by atoms with E-state index >= 15 is 0 Å². The molecule has 0 saturated heterocycles. The molecule has 3 heteroatoms. The van der Waals surface area contributed by atoms with E-state index in [4.69, 9.17) is 5.73 Å². The molecular formula is C18H32N2O. The van der Waals surface area contributed by atoms with Crippen molar-refractivity contribution in [1.82, 2.24) is 4.90 Å². The maximum atomic E-state index is 12.3. The van der Waals surface area contributed by atoms with Crippen molar-refractivity contribution in [3.8, 4) is 0 Å². The number of carbonyl (C=O) groups is 1. The number of carbonyl (C=O) groups excluding carboxylic acids is 1. The van der Waals surface area contributed by atoms with E-state index < -0.39 is 0 Å². The predicted molar refractivity (Wildman–Crippen MR) is 85.7 cm³/mol. The molecule has 0 aromatic rings. The summed E-state index contributed by atoms with van der Waals surface area (Å²) in [4.78, 5) is 14.4. The van der Waals surface area contributed by atoms with Crippen molar-refractivity contribution in [3.63, 3.8) is 0 Å². The van der Waals surface area contributed by atoms with Gasteiger partial charge in [0.15, 0.2) is 0 Å². The van der Waals surface area contributed by atoms with Gasteiger partial charge in [-0.05, 0) is 81.5 Å². The first-order valence-electron chi connectivity index (χ1n) is 8.95. The lowest BCUT2D eigenvalue weighted by Gasteiger charge is -2.57. The van der Waals surface area contributed by atoms with Crippen LogP contribution in [0.3, 0.4) is 0 Å². The van der Waals surface area contributed by atoms with Crippen molar-refractivity contribution in [2.75, 3.05) is 13.6 Å². The maximum Gasteiger partial charge on any atom is 0.222 e. The van der Waals surface area contributed by atoms with Crippen LogP contribution in [-0.2, 0) is 4.79 Å². The van der Waals surface area contributed by atoms with E-state index in [9.17, 15) is 4.79 Å². The molecule has 4 saturated carbocycles. The normalized spacial score (nSPS) is 38.5. The first-order chi connectivity index (χ1) is 9.96. The number of amides is 1. The van der Waals surface area contributed by atoms with Crippen LogP contribution in [0, 0.1) is 23.2 Å². The number of nitrogens with zero attached hydrogens (tertiary/aromatic N) is 1. The Morgan fingerprint density at radius 1 is 1.19 bits per heavy atom. The van der Waals surface area contributed by atoms with Crippen molar-refractivity contribution < 1.29 is 4.79 Å². The molecule has 4 rings (SSSR count). The number of hydrogen-bond acceptors (Lipinski definition) is 2. The summed E-state index contributed by atoms with van der Waals surface area (Å²) in [6.45, 7) is 3.02. The van der Waals surface area contributed by atoms with Crippen LogP contribution >= 0.6 is 0 Å². The zero-order chi connectivity index (χ0) is 15.0. The molecule has 4 fully saturated rings. The predicted octanol–water partition coefficient (Wildman–Crippen LogP) is 3.18. The van der Waals surface area contributed by atoms with Crippen LogP contribution < -0.4 is 5.73 Å². The Hall–Kier alpha value is -0.570. The molecule has 1 unspecified atom stereocenters. The van der Waals surface area contributed by atoms with Gasteiger partial charge in [0.25, 0.3) is 0 Å².